The van der Waals surface area contributed by atoms with Crippen LogP contribution in [0.4, 0.5) is 11.5 Å². The van der Waals surface area contributed by atoms with Crippen LogP contribution in [0.15, 0.2) is 58.3 Å². The SMILES string of the molecule is CC1(C)CC(=O)C2=C(C1)N(c1ccc(Br)cn1)C(=O)CC2c1ccc([N+](=O)[O-])cc1. The Morgan fingerprint density at radius 2 is 1.83 bits per heavy atom. The van der Waals surface area contributed by atoms with Crippen LogP contribution in [0.25, 0.3) is 0 Å². The van der Waals surface area contributed by atoms with Crippen LogP contribution < -0.4 is 4.90 Å². The zero-order chi connectivity index (χ0) is 21.6. The van der Waals surface area contributed by atoms with E-state index in [0.29, 0.717) is 29.9 Å². The van der Waals surface area contributed by atoms with Crippen LogP contribution in [0.3, 0.4) is 0 Å². The van der Waals surface area contributed by atoms with Gasteiger partial charge in [0.2, 0.25) is 5.91 Å². The minimum Gasteiger partial charge on any atom is -0.294 e. The summed E-state index contributed by atoms with van der Waals surface area (Å²) in [5.74, 6) is -0.0522. The first-order valence-electron chi connectivity index (χ1n) is 9.61. The van der Waals surface area contributed by atoms with Gasteiger partial charge in [-0.2, -0.15) is 0 Å². The fourth-order valence-corrected chi connectivity index (χ4v) is 4.53. The summed E-state index contributed by atoms with van der Waals surface area (Å²) in [5.41, 5.74) is 1.74. The van der Waals surface area contributed by atoms with Crippen LogP contribution in [-0.4, -0.2) is 21.6 Å². The molecule has 0 bridgehead atoms. The number of nitro benzene ring substituents is 1. The van der Waals surface area contributed by atoms with Crippen molar-refractivity contribution in [1.82, 2.24) is 4.98 Å². The van der Waals surface area contributed by atoms with Gasteiger partial charge in [-0.3, -0.25) is 24.6 Å². The highest BCUT2D eigenvalue weighted by Gasteiger charge is 2.44. The molecule has 2 aliphatic rings. The summed E-state index contributed by atoms with van der Waals surface area (Å²) < 4.78 is 0.800. The number of carbonyl (C=O) groups is 2. The number of pyridine rings is 1. The number of rotatable bonds is 3. The Bertz CT molecular complexity index is 1070. The summed E-state index contributed by atoms with van der Waals surface area (Å²) in [6, 6.07) is 9.68. The first-order chi connectivity index (χ1) is 14.2. The number of ketones is 1. The van der Waals surface area contributed by atoms with Gasteiger partial charge in [-0.25, -0.2) is 4.98 Å². The number of amides is 1. The normalized spacial score (nSPS) is 20.9. The molecule has 4 rings (SSSR count). The number of allylic oxidation sites excluding steroid dienone is 2. The molecule has 8 heteroatoms. The molecule has 1 aromatic heterocycles. The maximum absolute atomic E-state index is 13.2. The zero-order valence-corrected chi connectivity index (χ0v) is 18.2. The number of carbonyl (C=O) groups excluding carboxylic acids is 2. The van der Waals surface area contributed by atoms with Crippen molar-refractivity contribution in [2.45, 2.75) is 39.0 Å². The molecule has 0 saturated carbocycles. The predicted octanol–water partition coefficient (Wildman–Crippen LogP) is 4.92. The Morgan fingerprint density at radius 3 is 2.43 bits per heavy atom. The molecule has 0 saturated heterocycles. The third-order valence-electron chi connectivity index (χ3n) is 5.59. The van der Waals surface area contributed by atoms with Gasteiger partial charge in [-0.1, -0.05) is 26.0 Å². The molecule has 1 aromatic carbocycles. The van der Waals surface area contributed by atoms with Gasteiger partial charge >= 0.3 is 0 Å². The Balaban J connectivity index is 1.85. The smallest absolute Gasteiger partial charge is 0.269 e. The van der Waals surface area contributed by atoms with Gasteiger partial charge in [-0.05, 0) is 45.5 Å². The molecular weight excluding hydrogens is 450 g/mol. The standard InChI is InChI=1S/C22H20BrN3O4/c1-22(2)10-17-21(18(27)11-22)16(13-3-6-15(7-4-13)26(29)30)9-20(28)25(17)19-8-5-14(23)12-24-19/h3-8,12,16H,9-11H2,1-2H3. The highest BCUT2D eigenvalue weighted by Crippen LogP contribution is 2.48. The van der Waals surface area contributed by atoms with Crippen molar-refractivity contribution in [2.24, 2.45) is 5.41 Å². The summed E-state index contributed by atoms with van der Waals surface area (Å²) in [4.78, 5) is 42.9. The maximum atomic E-state index is 13.2. The van der Waals surface area contributed by atoms with Crippen LogP contribution in [0, 0.1) is 15.5 Å². The monoisotopic (exact) mass is 469 g/mol. The fraction of sp³-hybridized carbons (Fsp3) is 0.318. The first kappa shape index (κ1) is 20.4. The molecule has 2 aromatic rings. The number of hydrogen-bond donors (Lipinski definition) is 0. The predicted molar refractivity (Wildman–Crippen MR) is 115 cm³/mol. The van der Waals surface area contributed by atoms with Crippen LogP contribution in [0.5, 0.6) is 0 Å². The number of nitro groups is 1. The maximum Gasteiger partial charge on any atom is 0.269 e. The summed E-state index contributed by atoms with van der Waals surface area (Å²) in [6.07, 6.45) is 2.70. The van der Waals surface area contributed by atoms with E-state index in [1.54, 1.807) is 29.3 Å². The van der Waals surface area contributed by atoms with Crippen molar-refractivity contribution in [1.29, 1.82) is 0 Å². The van der Waals surface area contributed by atoms with Crippen molar-refractivity contribution < 1.29 is 14.5 Å². The molecule has 0 spiro atoms. The lowest BCUT2D eigenvalue weighted by atomic mass is 9.69. The highest BCUT2D eigenvalue weighted by atomic mass is 79.9. The second-order valence-electron chi connectivity index (χ2n) is 8.47. The number of anilines is 1. The topological polar surface area (TPSA) is 93.4 Å². The number of benzene rings is 1. The minimum absolute atomic E-state index is 0.0132. The largest absolute Gasteiger partial charge is 0.294 e. The zero-order valence-electron chi connectivity index (χ0n) is 16.6. The molecule has 7 nitrogen and oxygen atoms in total. The van der Waals surface area contributed by atoms with Crippen molar-refractivity contribution >= 4 is 39.1 Å². The van der Waals surface area contributed by atoms with Gasteiger partial charge in [0.1, 0.15) is 5.82 Å². The van der Waals surface area contributed by atoms with Crippen molar-refractivity contribution in [3.63, 3.8) is 0 Å². The van der Waals surface area contributed by atoms with Crippen LogP contribution in [0.2, 0.25) is 0 Å². The van der Waals surface area contributed by atoms with Crippen LogP contribution >= 0.6 is 15.9 Å². The van der Waals surface area contributed by atoms with E-state index in [1.165, 1.54) is 12.1 Å². The quantitative estimate of drug-likeness (QED) is 0.469. The molecule has 1 atom stereocenters. The van der Waals surface area contributed by atoms with Gasteiger partial charge in [0, 0.05) is 52.8 Å². The average Bonchev–Trinajstić information content (AvgIpc) is 2.67. The lowest BCUT2D eigenvalue weighted by molar-refractivity contribution is -0.384. The van der Waals surface area contributed by atoms with E-state index in [-0.39, 0.29) is 29.2 Å². The number of non-ortho nitro benzene ring substituents is 1. The molecule has 1 unspecified atom stereocenters. The van der Waals surface area contributed by atoms with Gasteiger partial charge < -0.3 is 0 Å². The number of hydrogen-bond acceptors (Lipinski definition) is 5. The number of aromatic nitrogens is 1. The Morgan fingerprint density at radius 1 is 1.13 bits per heavy atom. The first-order valence-corrected chi connectivity index (χ1v) is 10.4. The molecule has 1 aliphatic heterocycles. The van der Waals surface area contributed by atoms with E-state index in [1.807, 2.05) is 19.9 Å². The lowest BCUT2D eigenvalue weighted by Gasteiger charge is -2.42. The van der Waals surface area contributed by atoms with Gasteiger partial charge in [-0.15, -0.1) is 0 Å². The summed E-state index contributed by atoms with van der Waals surface area (Å²) in [6.45, 7) is 4.03. The molecule has 0 fully saturated rings. The Hall–Kier alpha value is -2.87. The van der Waals surface area contributed by atoms with E-state index < -0.39 is 10.8 Å². The van der Waals surface area contributed by atoms with E-state index in [9.17, 15) is 19.7 Å². The van der Waals surface area contributed by atoms with E-state index in [0.717, 1.165) is 10.0 Å². The van der Waals surface area contributed by atoms with Crippen LogP contribution in [0.1, 0.15) is 44.6 Å². The van der Waals surface area contributed by atoms with E-state index in [2.05, 4.69) is 20.9 Å². The molecule has 30 heavy (non-hydrogen) atoms. The molecular formula is C22H20BrN3O4. The average molecular weight is 470 g/mol. The Labute approximate surface area is 182 Å². The van der Waals surface area contributed by atoms with Gasteiger partial charge in [0.15, 0.2) is 5.78 Å². The summed E-state index contributed by atoms with van der Waals surface area (Å²) in [7, 11) is 0. The summed E-state index contributed by atoms with van der Waals surface area (Å²) >= 11 is 3.36. The van der Waals surface area contributed by atoms with E-state index >= 15 is 0 Å². The fourth-order valence-electron chi connectivity index (χ4n) is 4.29. The number of halogens is 1. The van der Waals surface area contributed by atoms with Gasteiger partial charge in [0.05, 0.1) is 4.92 Å². The van der Waals surface area contributed by atoms with Gasteiger partial charge in [0.25, 0.3) is 5.69 Å². The molecule has 2 heterocycles. The Kier molecular flexibility index (Phi) is 5.05. The third-order valence-corrected chi connectivity index (χ3v) is 6.06. The van der Waals surface area contributed by atoms with Crippen LogP contribution in [-0.2, 0) is 9.59 Å². The highest BCUT2D eigenvalue weighted by molar-refractivity contribution is 9.10. The number of Topliss-reactive ketones (excluding diaryl/α,β-unsaturated/α-hetero) is 1. The lowest BCUT2D eigenvalue weighted by Crippen LogP contribution is -2.44. The molecule has 1 amide bonds. The molecule has 0 N–H and O–H groups in total. The summed E-state index contributed by atoms with van der Waals surface area (Å²) in [5, 5.41) is 11.0. The molecule has 1 aliphatic carbocycles. The minimum atomic E-state index is -0.463. The second kappa shape index (κ2) is 7.43. The molecule has 0 radical (unpaired) electrons. The number of nitrogens with zero attached hydrogens (tertiary/aromatic N) is 3. The third kappa shape index (κ3) is 3.67. The van der Waals surface area contributed by atoms with E-state index in [4.69, 9.17) is 0 Å². The van der Waals surface area contributed by atoms with Crippen molar-refractivity contribution in [2.75, 3.05) is 4.90 Å². The van der Waals surface area contributed by atoms with Crippen molar-refractivity contribution in [3.8, 4) is 0 Å². The second-order valence-corrected chi connectivity index (χ2v) is 9.39. The molecule has 154 valence electrons. The van der Waals surface area contributed by atoms with Crippen molar-refractivity contribution in [3.05, 3.63) is 74.0 Å².